The first kappa shape index (κ1) is 22.3. The predicted molar refractivity (Wildman–Crippen MR) is 118 cm³/mol. The van der Waals surface area contributed by atoms with Crippen molar-refractivity contribution in [1.29, 1.82) is 0 Å². The third-order valence-electron chi connectivity index (χ3n) is 5.05. The van der Waals surface area contributed by atoms with Crippen molar-refractivity contribution in [3.8, 4) is 5.75 Å². The van der Waals surface area contributed by atoms with Crippen LogP contribution >= 0.6 is 0 Å². The summed E-state index contributed by atoms with van der Waals surface area (Å²) in [5.74, 6) is 0.888. The molecule has 30 heavy (non-hydrogen) atoms. The maximum absolute atomic E-state index is 12.6. The van der Waals surface area contributed by atoms with Gasteiger partial charge < -0.3 is 10.1 Å². The Morgan fingerprint density at radius 1 is 1.00 bits per heavy atom. The smallest absolute Gasteiger partial charge is 0.255 e. The lowest BCUT2D eigenvalue weighted by molar-refractivity contribution is 0.102. The van der Waals surface area contributed by atoms with Gasteiger partial charge in [0.05, 0.1) is 11.5 Å². The molecule has 2 aromatic carbocycles. The van der Waals surface area contributed by atoms with E-state index in [1.165, 1.54) is 18.6 Å². The molecule has 2 N–H and O–H groups in total. The standard InChI is InChI=1S/C23H30N2O4S/c1-17(2)16-29-21-12-8-18(9-13-21)23(26)24-19-10-14-22(15-11-19)30(27,28)25-20-6-4-3-5-7-20/h8-15,17,20,25H,3-7,16H2,1-2H3,(H,24,26). The molecule has 1 aliphatic rings. The van der Waals surface area contributed by atoms with Crippen LogP contribution in [0.25, 0.3) is 0 Å². The summed E-state index contributed by atoms with van der Waals surface area (Å²) >= 11 is 0. The number of hydrogen-bond donors (Lipinski definition) is 2. The van der Waals surface area contributed by atoms with E-state index in [1.807, 2.05) is 0 Å². The second kappa shape index (κ2) is 10.1. The van der Waals surface area contributed by atoms with Gasteiger partial charge in [-0.15, -0.1) is 0 Å². The molecule has 1 amide bonds. The van der Waals surface area contributed by atoms with Crippen LogP contribution in [0.15, 0.2) is 53.4 Å². The van der Waals surface area contributed by atoms with E-state index in [2.05, 4.69) is 23.9 Å². The van der Waals surface area contributed by atoms with Crippen molar-refractivity contribution in [2.24, 2.45) is 5.92 Å². The summed E-state index contributed by atoms with van der Waals surface area (Å²) in [6.45, 7) is 4.77. The molecule has 7 heteroatoms. The minimum Gasteiger partial charge on any atom is -0.493 e. The summed E-state index contributed by atoms with van der Waals surface area (Å²) in [7, 11) is -3.55. The Kier molecular flexibility index (Phi) is 7.50. The summed E-state index contributed by atoms with van der Waals surface area (Å²) in [6, 6.07) is 13.2. The van der Waals surface area contributed by atoms with Gasteiger partial charge in [-0.1, -0.05) is 33.1 Å². The van der Waals surface area contributed by atoms with Gasteiger partial charge in [-0.05, 0) is 67.3 Å². The fraction of sp³-hybridized carbons (Fsp3) is 0.435. The van der Waals surface area contributed by atoms with Crippen LogP contribution in [0, 0.1) is 5.92 Å². The van der Waals surface area contributed by atoms with Crippen LogP contribution in [0.1, 0.15) is 56.3 Å². The highest BCUT2D eigenvalue weighted by atomic mass is 32.2. The number of carbonyl (C=O) groups is 1. The van der Waals surface area contributed by atoms with Crippen LogP contribution in [0.2, 0.25) is 0 Å². The normalized spacial score (nSPS) is 15.2. The van der Waals surface area contributed by atoms with Gasteiger partial charge >= 0.3 is 0 Å². The Morgan fingerprint density at radius 2 is 1.63 bits per heavy atom. The Balaban J connectivity index is 1.58. The highest BCUT2D eigenvalue weighted by molar-refractivity contribution is 7.89. The van der Waals surface area contributed by atoms with Gasteiger partial charge in [0, 0.05) is 17.3 Å². The van der Waals surface area contributed by atoms with E-state index in [-0.39, 0.29) is 16.8 Å². The van der Waals surface area contributed by atoms with E-state index in [1.54, 1.807) is 36.4 Å². The van der Waals surface area contributed by atoms with Crippen LogP contribution < -0.4 is 14.8 Å². The third kappa shape index (κ3) is 6.31. The van der Waals surface area contributed by atoms with E-state index < -0.39 is 10.0 Å². The average Bonchev–Trinajstić information content (AvgIpc) is 2.73. The monoisotopic (exact) mass is 430 g/mol. The molecule has 0 heterocycles. The summed E-state index contributed by atoms with van der Waals surface area (Å²) in [6.07, 6.45) is 5.05. The van der Waals surface area contributed by atoms with Gasteiger partial charge in [-0.3, -0.25) is 4.79 Å². The molecule has 0 unspecified atom stereocenters. The number of anilines is 1. The summed E-state index contributed by atoms with van der Waals surface area (Å²) in [4.78, 5) is 12.7. The highest BCUT2D eigenvalue weighted by Gasteiger charge is 2.21. The minimum absolute atomic E-state index is 0.00983. The van der Waals surface area contributed by atoms with Gasteiger partial charge in [0.15, 0.2) is 0 Å². The van der Waals surface area contributed by atoms with Crippen molar-refractivity contribution in [2.75, 3.05) is 11.9 Å². The molecule has 6 nitrogen and oxygen atoms in total. The zero-order chi connectivity index (χ0) is 21.6. The summed E-state index contributed by atoms with van der Waals surface area (Å²) in [5.41, 5.74) is 1.04. The Hall–Kier alpha value is -2.38. The number of carbonyl (C=O) groups excluding carboxylic acids is 1. The molecule has 0 aromatic heterocycles. The third-order valence-corrected chi connectivity index (χ3v) is 6.59. The molecule has 0 bridgehead atoms. The fourth-order valence-corrected chi connectivity index (χ4v) is 4.70. The van der Waals surface area contributed by atoms with Gasteiger partial charge in [0.25, 0.3) is 5.91 Å². The Labute approximate surface area is 179 Å². The number of hydrogen-bond acceptors (Lipinski definition) is 4. The SMILES string of the molecule is CC(C)COc1ccc(C(=O)Nc2ccc(S(=O)(=O)NC3CCCCC3)cc2)cc1. The molecule has 162 valence electrons. The van der Waals surface area contributed by atoms with Crippen LogP contribution in [-0.4, -0.2) is 27.0 Å². The van der Waals surface area contributed by atoms with Gasteiger partial charge in [0.2, 0.25) is 10.0 Å². The molecule has 2 aromatic rings. The average molecular weight is 431 g/mol. The molecule has 0 atom stereocenters. The van der Waals surface area contributed by atoms with E-state index in [0.29, 0.717) is 23.8 Å². The van der Waals surface area contributed by atoms with E-state index in [4.69, 9.17) is 4.74 Å². The molecule has 0 aliphatic heterocycles. The number of benzene rings is 2. The quantitative estimate of drug-likeness (QED) is 0.642. The highest BCUT2D eigenvalue weighted by Crippen LogP contribution is 2.21. The first-order valence-corrected chi connectivity index (χ1v) is 12.0. The second-order valence-electron chi connectivity index (χ2n) is 8.16. The first-order valence-electron chi connectivity index (χ1n) is 10.5. The zero-order valence-electron chi connectivity index (χ0n) is 17.6. The largest absolute Gasteiger partial charge is 0.493 e. The molecule has 3 rings (SSSR count). The topological polar surface area (TPSA) is 84.5 Å². The van der Waals surface area contributed by atoms with Crippen LogP contribution in [0.5, 0.6) is 5.75 Å². The predicted octanol–water partition coefficient (Wildman–Crippen LogP) is 4.58. The van der Waals surface area contributed by atoms with Crippen molar-refractivity contribution in [2.45, 2.75) is 56.9 Å². The van der Waals surface area contributed by atoms with E-state index in [9.17, 15) is 13.2 Å². The lowest BCUT2D eigenvalue weighted by atomic mass is 9.96. The lowest BCUT2D eigenvalue weighted by Crippen LogP contribution is -2.36. The molecular formula is C23H30N2O4S. The van der Waals surface area contributed by atoms with Gasteiger partial charge in [-0.2, -0.15) is 0 Å². The van der Waals surface area contributed by atoms with E-state index in [0.717, 1.165) is 31.4 Å². The van der Waals surface area contributed by atoms with Crippen LogP contribution in [0.3, 0.4) is 0 Å². The Bertz CT molecular complexity index is 932. The van der Waals surface area contributed by atoms with Gasteiger partial charge in [0.1, 0.15) is 5.75 Å². The number of sulfonamides is 1. The first-order chi connectivity index (χ1) is 14.3. The van der Waals surface area contributed by atoms with Crippen molar-refractivity contribution in [3.05, 3.63) is 54.1 Å². The Morgan fingerprint density at radius 3 is 2.23 bits per heavy atom. The number of amides is 1. The maximum atomic E-state index is 12.6. The number of rotatable bonds is 8. The second-order valence-corrected chi connectivity index (χ2v) is 9.88. The van der Waals surface area contributed by atoms with Crippen LogP contribution in [-0.2, 0) is 10.0 Å². The lowest BCUT2D eigenvalue weighted by Gasteiger charge is -2.22. The van der Waals surface area contributed by atoms with Gasteiger partial charge in [-0.25, -0.2) is 13.1 Å². The number of ether oxygens (including phenoxy) is 1. The van der Waals surface area contributed by atoms with E-state index >= 15 is 0 Å². The number of nitrogens with one attached hydrogen (secondary N) is 2. The van der Waals surface area contributed by atoms with Crippen molar-refractivity contribution in [3.63, 3.8) is 0 Å². The minimum atomic E-state index is -3.55. The molecule has 1 saturated carbocycles. The molecule has 0 spiro atoms. The molecule has 1 aliphatic carbocycles. The molecular weight excluding hydrogens is 400 g/mol. The zero-order valence-corrected chi connectivity index (χ0v) is 18.4. The molecule has 0 radical (unpaired) electrons. The summed E-state index contributed by atoms with van der Waals surface area (Å²) in [5, 5.41) is 2.79. The fourth-order valence-electron chi connectivity index (χ4n) is 3.39. The van der Waals surface area contributed by atoms with Crippen molar-refractivity contribution < 1.29 is 17.9 Å². The van der Waals surface area contributed by atoms with Crippen molar-refractivity contribution in [1.82, 2.24) is 4.72 Å². The molecule has 1 fully saturated rings. The van der Waals surface area contributed by atoms with Crippen LogP contribution in [0.4, 0.5) is 5.69 Å². The maximum Gasteiger partial charge on any atom is 0.255 e. The van der Waals surface area contributed by atoms with Crippen molar-refractivity contribution >= 4 is 21.6 Å². The molecule has 0 saturated heterocycles. The summed E-state index contributed by atoms with van der Waals surface area (Å²) < 4.78 is 33.6.